The van der Waals surface area contributed by atoms with Crippen molar-refractivity contribution in [1.82, 2.24) is 0 Å². The summed E-state index contributed by atoms with van der Waals surface area (Å²) in [6, 6.07) is 0. The van der Waals surface area contributed by atoms with Crippen molar-refractivity contribution < 1.29 is 207 Å². The molecule has 0 heterocycles. The molecule has 74 heavy (non-hydrogen) atoms. The third-order valence-corrected chi connectivity index (χ3v) is 10.8. The molecule has 0 spiro atoms. The standard InChI is InChI=1S/C17H24F14NOS.C11H10F14S.C6H15ClNO.2ClH.Na.2H2O/c1-32(2,3)8-11(33)9-34-5-4-10(6-12(18,14(20,21)22)15(23,24)25)7-13(19,16(26,27)28)17(29,30)31;12-6(8(14,15)16,9(17,18)19)3-5(1-2-26)4-7(13,10(20,21)22)11(23,24)25;1-8(2,3)5-6(9)4-7;;;;;/h10-11,33H,4-9H2,1-3H3;5,26H,1-4H2;6,9H,4-5H2,1-3H3;2*1H;;2*1H2/q+1;;+1;;;+1;;/p-3. The molecule has 2 atom stereocenters. The number of alkyl halides is 29. The van der Waals surface area contributed by atoms with Crippen LogP contribution < -0.4 is 54.4 Å². The Morgan fingerprint density at radius 2 is 0.635 bits per heavy atom. The first-order valence-electron chi connectivity index (χ1n) is 18.8. The van der Waals surface area contributed by atoms with Crippen molar-refractivity contribution in [1.29, 1.82) is 0 Å². The Kier molecular flexibility index (Phi) is 39.5. The molecule has 0 fully saturated rings. The quantitative estimate of drug-likeness (QED) is 0.0437. The summed E-state index contributed by atoms with van der Waals surface area (Å²) in [6.45, 7) is 0.811. The molecule has 40 heteroatoms. The van der Waals surface area contributed by atoms with E-state index in [1.165, 1.54) is 0 Å². The van der Waals surface area contributed by atoms with Gasteiger partial charge in [-0.25, -0.2) is 17.6 Å². The Bertz CT molecular complexity index is 1370. The van der Waals surface area contributed by atoms with Gasteiger partial charge in [-0.15, -0.1) is 11.6 Å². The first kappa shape index (κ1) is 90.9. The van der Waals surface area contributed by atoms with E-state index in [1.54, 1.807) is 21.1 Å². The fourth-order valence-electron chi connectivity index (χ4n) is 5.73. The topological polar surface area (TPSA) is 102 Å². The van der Waals surface area contributed by atoms with E-state index in [-0.39, 0.29) is 88.2 Å². The summed E-state index contributed by atoms with van der Waals surface area (Å²) in [4.78, 5) is 0. The van der Waals surface area contributed by atoms with E-state index in [4.69, 9.17) is 16.7 Å². The fourth-order valence-corrected chi connectivity index (χ4v) is 7.24. The summed E-state index contributed by atoms with van der Waals surface area (Å²) in [7, 11) is 11.0. The minimum atomic E-state index is -6.74. The molecule has 5 N–H and O–H groups in total. The Hall–Kier alpha value is 0.370. The van der Waals surface area contributed by atoms with Gasteiger partial charge in [-0.05, 0) is 36.2 Å². The van der Waals surface area contributed by atoms with Gasteiger partial charge in [-0.2, -0.15) is 130 Å². The van der Waals surface area contributed by atoms with E-state index in [0.29, 0.717) is 24.2 Å². The number of hydrogen-bond acceptors (Lipinski definition) is 5. The van der Waals surface area contributed by atoms with Crippen molar-refractivity contribution in [2.24, 2.45) is 11.8 Å². The van der Waals surface area contributed by atoms with Crippen LogP contribution >= 0.6 is 36.0 Å². The monoisotopic (exact) mass is 1280 g/mol. The van der Waals surface area contributed by atoms with Crippen LogP contribution in [0.2, 0.25) is 0 Å². The number of thioether (sulfide) groups is 1. The molecule has 0 aromatic carbocycles. The van der Waals surface area contributed by atoms with E-state index in [2.05, 4.69) is 12.6 Å². The normalized spacial score (nSPS) is 14.9. The van der Waals surface area contributed by atoms with Crippen LogP contribution in [0.1, 0.15) is 38.5 Å². The van der Waals surface area contributed by atoms with Crippen molar-refractivity contribution in [3.63, 3.8) is 0 Å². The molecule has 0 bridgehead atoms. The molecule has 0 saturated carbocycles. The van der Waals surface area contributed by atoms with Gasteiger partial charge in [0.25, 0.3) is 22.7 Å². The van der Waals surface area contributed by atoms with Crippen LogP contribution in [0.5, 0.6) is 0 Å². The number of hydrogen-bond donors (Lipinski definition) is 3. The Morgan fingerprint density at radius 3 is 0.797 bits per heavy atom. The van der Waals surface area contributed by atoms with Gasteiger partial charge in [0.15, 0.2) is 0 Å². The smallest absolute Gasteiger partial charge is 1.00 e. The van der Waals surface area contributed by atoms with Gasteiger partial charge in [0.1, 0.15) is 25.3 Å². The first-order valence-corrected chi connectivity index (χ1v) is 21.1. The molecule has 0 aliphatic heterocycles. The Morgan fingerprint density at radius 1 is 0.432 bits per heavy atom. The molecule has 0 rings (SSSR count). The molecular weight excluding hydrogens is 1230 g/mol. The third-order valence-electron chi connectivity index (χ3n) is 9.09. The van der Waals surface area contributed by atoms with E-state index in [0.717, 1.165) is 4.48 Å². The van der Waals surface area contributed by atoms with Gasteiger partial charge in [0.2, 0.25) is 0 Å². The predicted octanol–water partition coefficient (Wildman–Crippen LogP) is 2.91. The van der Waals surface area contributed by atoms with Gasteiger partial charge in [-0.3, -0.25) is 0 Å². The number of aliphatic hydroxyl groups is 2. The minimum Gasteiger partial charge on any atom is -1.00 e. The van der Waals surface area contributed by atoms with E-state index in [9.17, 15) is 128 Å². The SMILES string of the molecule is C[N+](C)(C)CC(O)CCl.C[N+](C)(C)CC(O)CSCCC(CC(F)(C(F)(F)F)C(F)(F)F)CC(F)(C(F)(F)F)C(F)(F)F.FC(F)(F)C(F)(CC(CCS)CC(F)(C(F)(F)F)C(F)(F)F)C(F)(F)F.O.[Cl-].[Cl-].[Na+].[OH-]. The average Bonchev–Trinajstić information content (AvgIpc) is 3.05. The number of nitrogens with zero attached hydrogens (tertiary/aromatic N) is 2. The maximum atomic E-state index is 14.1. The Labute approximate surface area is 454 Å². The molecule has 0 aliphatic rings. The van der Waals surface area contributed by atoms with Gasteiger partial charge >= 0.3 is 79.0 Å². The van der Waals surface area contributed by atoms with Crippen LogP contribution in [0, 0.1) is 11.8 Å². The number of thiol groups is 1. The molecule has 0 radical (unpaired) electrons. The van der Waals surface area contributed by atoms with Crippen molar-refractivity contribution in [3.8, 4) is 0 Å². The second kappa shape index (κ2) is 32.1. The maximum Gasteiger partial charge on any atom is 1.00 e. The van der Waals surface area contributed by atoms with Gasteiger partial charge < -0.3 is 54.9 Å². The summed E-state index contributed by atoms with van der Waals surface area (Å²) >= 11 is 9.26. The van der Waals surface area contributed by atoms with Crippen molar-refractivity contribution in [2.75, 3.05) is 78.5 Å². The van der Waals surface area contributed by atoms with Crippen molar-refractivity contribution in [3.05, 3.63) is 0 Å². The number of halogens is 31. The van der Waals surface area contributed by atoms with Crippen molar-refractivity contribution in [2.45, 2.75) is 123 Å². The molecule has 0 saturated heterocycles. The number of rotatable bonds is 20. The number of likely N-dealkylation sites (N-methyl/N-ethyl adjacent to an activating group) is 2. The summed E-state index contributed by atoms with van der Waals surface area (Å²) in [5.41, 5.74) is -24.6. The zero-order valence-corrected chi connectivity index (χ0v) is 45.1. The molecule has 0 aromatic rings. The predicted molar refractivity (Wildman–Crippen MR) is 204 cm³/mol. The van der Waals surface area contributed by atoms with Gasteiger partial charge in [-0.1, -0.05) is 0 Å². The summed E-state index contributed by atoms with van der Waals surface area (Å²) < 4.78 is 360. The average molecular weight is 1280 g/mol. The van der Waals surface area contributed by atoms with Gasteiger partial charge in [0, 0.05) is 31.4 Å². The molecule has 452 valence electrons. The maximum absolute atomic E-state index is 14.1. The van der Waals surface area contributed by atoms with Crippen LogP contribution in [0.4, 0.5) is 123 Å². The number of quaternary nitrogens is 2. The van der Waals surface area contributed by atoms with Crippen molar-refractivity contribution >= 4 is 36.0 Å². The summed E-state index contributed by atoms with van der Waals surface area (Å²) in [5, 5.41) is 18.8. The van der Waals surface area contributed by atoms with Gasteiger partial charge in [0.05, 0.1) is 48.2 Å². The van der Waals surface area contributed by atoms with Crippen LogP contribution in [0.3, 0.4) is 0 Å². The van der Waals surface area contributed by atoms with E-state index < -0.39 is 140 Å². The molecule has 2 unspecified atom stereocenters. The fraction of sp³-hybridized carbons (Fsp3) is 1.00. The summed E-state index contributed by atoms with van der Waals surface area (Å²) in [6.07, 6.45) is -69.3. The largest absolute Gasteiger partial charge is 1.00 e. The zero-order valence-electron chi connectivity index (χ0n) is 39.1. The molecule has 6 nitrogen and oxygen atoms in total. The minimum absolute atomic E-state index is 0. The molecular formula is C34H52Cl3F28N2NaO4S2. The molecule has 0 amide bonds. The number of aliphatic hydroxyl groups excluding tert-OH is 2. The second-order valence-electron chi connectivity index (χ2n) is 17.5. The first-order chi connectivity index (χ1) is 29.8. The third kappa shape index (κ3) is 28.2. The molecule has 0 aliphatic carbocycles. The van der Waals surface area contributed by atoms with Crippen LogP contribution in [-0.4, -0.2) is 193 Å². The zero-order chi connectivity index (χ0) is 56.5. The van der Waals surface area contributed by atoms with Crippen LogP contribution in [0.15, 0.2) is 0 Å². The van der Waals surface area contributed by atoms with E-state index >= 15 is 0 Å². The van der Waals surface area contributed by atoms with Crippen LogP contribution in [-0.2, 0) is 0 Å². The second-order valence-corrected chi connectivity index (χ2v) is 19.4. The Balaban J connectivity index is -0.000000162. The van der Waals surface area contributed by atoms with E-state index in [1.807, 2.05) is 21.1 Å². The molecule has 0 aromatic heterocycles. The summed E-state index contributed by atoms with van der Waals surface area (Å²) in [5.74, 6) is -7.28. The van der Waals surface area contributed by atoms with Crippen LogP contribution in [0.25, 0.3) is 0 Å².